The molecule has 0 bridgehead atoms. The number of carbonyl (C=O) groups is 1. The number of rotatable bonds is 0. The van der Waals surface area contributed by atoms with Crippen LogP contribution in [0, 0.1) is 21.3 Å². The van der Waals surface area contributed by atoms with Crippen LogP contribution in [0.25, 0.3) is 0 Å². The van der Waals surface area contributed by atoms with E-state index in [1.807, 2.05) is 6.42 Å². The van der Waals surface area contributed by atoms with E-state index in [-0.39, 0.29) is 14.9 Å². The number of ketones is 1. The standard InChI is InChI=1S/C8H13O.2CH2/c9-8-6-4-2-1-3-5-7-8;;/h6H,1-5,7H2;2*1H2. The second kappa shape index (κ2) is 7.77. The molecule has 0 aliphatic heterocycles. The largest absolute Gasteiger partial charge is 0.299 e. The second-order valence-corrected chi connectivity index (χ2v) is 2.62. The van der Waals surface area contributed by atoms with Gasteiger partial charge in [-0.2, -0.15) is 0 Å². The van der Waals surface area contributed by atoms with Gasteiger partial charge in [-0.3, -0.25) is 4.79 Å². The molecular formula is C10H17O. The van der Waals surface area contributed by atoms with Gasteiger partial charge in [-0.1, -0.05) is 34.1 Å². The van der Waals surface area contributed by atoms with Crippen LogP contribution in [-0.4, -0.2) is 5.78 Å². The highest BCUT2D eigenvalue weighted by Gasteiger charge is 2.04. The number of hydrogen-bond acceptors (Lipinski definition) is 1. The minimum absolute atomic E-state index is 0. The molecule has 0 N–H and O–H groups in total. The van der Waals surface area contributed by atoms with Crippen molar-refractivity contribution in [1.29, 1.82) is 0 Å². The zero-order valence-electron chi connectivity index (χ0n) is 7.14. The van der Waals surface area contributed by atoms with Crippen molar-refractivity contribution in [3.63, 3.8) is 0 Å². The Morgan fingerprint density at radius 1 is 1.00 bits per heavy atom. The maximum absolute atomic E-state index is 10.8. The van der Waals surface area contributed by atoms with E-state index in [2.05, 4.69) is 0 Å². The molecule has 0 saturated heterocycles. The average Bonchev–Trinajstić information content (AvgIpc) is 1.79. The minimum Gasteiger partial charge on any atom is -0.299 e. The van der Waals surface area contributed by atoms with Crippen LogP contribution in [0.4, 0.5) is 0 Å². The third kappa shape index (κ3) is 6.08. The average molecular weight is 153 g/mol. The SMILES string of the molecule is O=C1[CH]CCCCCC1.[CH2].[CH2]. The van der Waals surface area contributed by atoms with E-state index in [4.69, 9.17) is 0 Å². The number of carbonyl (C=O) groups excluding carboxylic acids is 1. The monoisotopic (exact) mass is 153 g/mol. The molecule has 0 aromatic heterocycles. The summed E-state index contributed by atoms with van der Waals surface area (Å²) in [5.74, 6) is 0.356. The third-order valence-electron chi connectivity index (χ3n) is 1.75. The van der Waals surface area contributed by atoms with E-state index in [1.54, 1.807) is 0 Å². The Labute approximate surface area is 71.2 Å². The van der Waals surface area contributed by atoms with E-state index in [1.165, 1.54) is 19.3 Å². The van der Waals surface area contributed by atoms with Gasteiger partial charge in [0.25, 0.3) is 0 Å². The predicted octanol–water partition coefficient (Wildman–Crippen LogP) is 2.77. The summed E-state index contributed by atoms with van der Waals surface area (Å²) in [6.45, 7) is 0. The fraction of sp³-hybridized carbons (Fsp3) is 0.600. The van der Waals surface area contributed by atoms with Crippen molar-refractivity contribution < 1.29 is 4.79 Å². The van der Waals surface area contributed by atoms with Crippen LogP contribution in [0.15, 0.2) is 0 Å². The first-order valence-electron chi connectivity index (χ1n) is 3.75. The second-order valence-electron chi connectivity index (χ2n) is 2.62. The summed E-state index contributed by atoms with van der Waals surface area (Å²) in [5, 5.41) is 0. The van der Waals surface area contributed by atoms with Gasteiger partial charge in [0.05, 0.1) is 0 Å². The maximum atomic E-state index is 10.8. The summed E-state index contributed by atoms with van der Waals surface area (Å²) in [6.07, 6.45) is 8.53. The predicted molar refractivity (Wildman–Crippen MR) is 47.7 cm³/mol. The normalized spacial score (nSPS) is 18.7. The Hall–Kier alpha value is -0.330. The van der Waals surface area contributed by atoms with Crippen LogP contribution in [0.3, 0.4) is 0 Å². The molecule has 1 heteroatoms. The number of Topliss-reactive ketones (excluding diaryl/α,β-unsaturated/α-hetero) is 1. The Morgan fingerprint density at radius 2 is 1.64 bits per heavy atom. The molecule has 0 spiro atoms. The minimum atomic E-state index is 0. The van der Waals surface area contributed by atoms with Crippen molar-refractivity contribution in [2.75, 3.05) is 0 Å². The van der Waals surface area contributed by atoms with Crippen LogP contribution in [0.2, 0.25) is 0 Å². The van der Waals surface area contributed by atoms with Gasteiger partial charge in [-0.05, 0) is 12.8 Å². The molecule has 0 unspecified atom stereocenters. The molecule has 1 aliphatic carbocycles. The summed E-state index contributed by atoms with van der Waals surface area (Å²) in [6, 6.07) is 0. The lowest BCUT2D eigenvalue weighted by molar-refractivity contribution is -0.116. The topological polar surface area (TPSA) is 17.1 Å². The summed E-state index contributed by atoms with van der Waals surface area (Å²) < 4.78 is 0. The first-order valence-corrected chi connectivity index (χ1v) is 3.75. The summed E-state index contributed by atoms with van der Waals surface area (Å²) in [5.41, 5.74) is 0. The van der Waals surface area contributed by atoms with Crippen LogP contribution in [-0.2, 0) is 4.79 Å². The van der Waals surface area contributed by atoms with Gasteiger partial charge in [0.2, 0.25) is 0 Å². The Balaban J connectivity index is 0. The first-order chi connectivity index (χ1) is 4.39. The molecule has 1 fully saturated rings. The highest BCUT2D eigenvalue weighted by atomic mass is 16.1. The zero-order valence-corrected chi connectivity index (χ0v) is 7.14. The maximum Gasteiger partial charge on any atom is 0.136 e. The van der Waals surface area contributed by atoms with Crippen LogP contribution < -0.4 is 0 Å². The summed E-state index contributed by atoms with van der Waals surface area (Å²) in [4.78, 5) is 10.8. The van der Waals surface area contributed by atoms with Crippen molar-refractivity contribution in [3.05, 3.63) is 21.3 Å². The molecule has 1 saturated carbocycles. The molecule has 1 rings (SSSR count). The van der Waals surface area contributed by atoms with Crippen molar-refractivity contribution in [3.8, 4) is 0 Å². The van der Waals surface area contributed by atoms with Gasteiger partial charge in [0.15, 0.2) is 0 Å². The highest BCUT2D eigenvalue weighted by Crippen LogP contribution is 2.12. The van der Waals surface area contributed by atoms with Gasteiger partial charge in [0.1, 0.15) is 5.78 Å². The zero-order chi connectivity index (χ0) is 6.53. The van der Waals surface area contributed by atoms with Gasteiger partial charge >= 0.3 is 0 Å². The Morgan fingerprint density at radius 3 is 2.36 bits per heavy atom. The Bertz CT molecular complexity index is 87.0. The first kappa shape index (κ1) is 13.3. The molecular weight excluding hydrogens is 136 g/mol. The summed E-state index contributed by atoms with van der Waals surface area (Å²) in [7, 11) is 0. The molecule has 1 aliphatic rings. The van der Waals surface area contributed by atoms with Crippen molar-refractivity contribution in [1.82, 2.24) is 0 Å². The van der Waals surface area contributed by atoms with E-state index < -0.39 is 0 Å². The van der Waals surface area contributed by atoms with Gasteiger partial charge < -0.3 is 0 Å². The molecule has 5 radical (unpaired) electrons. The fourth-order valence-corrected chi connectivity index (χ4v) is 1.16. The van der Waals surface area contributed by atoms with Crippen LogP contribution in [0.1, 0.15) is 38.5 Å². The number of hydrogen-bond donors (Lipinski definition) is 0. The van der Waals surface area contributed by atoms with E-state index in [9.17, 15) is 4.79 Å². The van der Waals surface area contributed by atoms with E-state index in [0.717, 1.165) is 19.3 Å². The fourth-order valence-electron chi connectivity index (χ4n) is 1.16. The van der Waals surface area contributed by atoms with Crippen molar-refractivity contribution >= 4 is 5.78 Å². The molecule has 1 nitrogen and oxygen atoms in total. The molecule has 0 aromatic carbocycles. The molecule has 0 aromatic rings. The van der Waals surface area contributed by atoms with Crippen molar-refractivity contribution in [2.24, 2.45) is 0 Å². The quantitative estimate of drug-likeness (QED) is 0.523. The molecule has 0 heterocycles. The summed E-state index contributed by atoms with van der Waals surface area (Å²) >= 11 is 0. The van der Waals surface area contributed by atoms with Crippen molar-refractivity contribution in [2.45, 2.75) is 38.5 Å². The lowest BCUT2D eigenvalue weighted by Crippen LogP contribution is -2.01. The molecule has 0 atom stereocenters. The molecule has 11 heavy (non-hydrogen) atoms. The van der Waals surface area contributed by atoms with E-state index >= 15 is 0 Å². The van der Waals surface area contributed by atoms with Gasteiger partial charge in [-0.25, -0.2) is 0 Å². The smallest absolute Gasteiger partial charge is 0.136 e. The Kier molecular flexibility index (Phi) is 9.38. The third-order valence-corrected chi connectivity index (χ3v) is 1.75. The van der Waals surface area contributed by atoms with E-state index in [0.29, 0.717) is 5.78 Å². The lowest BCUT2D eigenvalue weighted by Gasteiger charge is -2.05. The molecule has 0 amide bonds. The lowest BCUT2D eigenvalue weighted by atomic mass is 10.0. The molecule has 63 valence electrons. The van der Waals surface area contributed by atoms with Gasteiger partial charge in [0, 0.05) is 12.8 Å². The van der Waals surface area contributed by atoms with Crippen LogP contribution >= 0.6 is 0 Å². The van der Waals surface area contributed by atoms with Crippen LogP contribution in [0.5, 0.6) is 0 Å². The van der Waals surface area contributed by atoms with Gasteiger partial charge in [-0.15, -0.1) is 0 Å². The highest BCUT2D eigenvalue weighted by molar-refractivity contribution is 5.86.